The second kappa shape index (κ2) is 21.5. The third-order valence-corrected chi connectivity index (χ3v) is 13.3. The van der Waals surface area contributed by atoms with Crippen molar-refractivity contribution in [3.63, 3.8) is 0 Å². The first-order chi connectivity index (χ1) is 33.6. The molecule has 4 aromatic carbocycles. The zero-order chi connectivity index (χ0) is 47.9. The fraction of sp³-hybridized carbons (Fsp3) is 0.340. The molecule has 18 nitrogen and oxygen atoms in total. The van der Waals surface area contributed by atoms with Gasteiger partial charge in [0.15, 0.2) is 5.13 Å². The molecule has 0 spiro atoms. The third kappa shape index (κ3) is 10.5. The van der Waals surface area contributed by atoms with E-state index in [0.29, 0.717) is 68.1 Å². The number of hydrogen-bond acceptors (Lipinski definition) is 15. The Labute approximate surface area is 402 Å². The highest BCUT2D eigenvalue weighted by Crippen LogP contribution is 2.38. The second-order valence-corrected chi connectivity index (χ2v) is 17.8. The Kier molecular flexibility index (Phi) is 14.7. The van der Waals surface area contributed by atoms with Gasteiger partial charge in [-0.25, -0.2) is 4.98 Å². The molecular formula is C50H52N8O10S. The third-order valence-electron chi connectivity index (χ3n) is 12.7. The monoisotopic (exact) mass is 956 g/mol. The summed E-state index contributed by atoms with van der Waals surface area (Å²) in [4.78, 5) is 89.3. The van der Waals surface area contributed by atoms with Gasteiger partial charge in [-0.1, -0.05) is 48.5 Å². The molecule has 4 aliphatic heterocycles. The summed E-state index contributed by atoms with van der Waals surface area (Å²) in [5.74, 6) is -2.99. The lowest BCUT2D eigenvalue weighted by Gasteiger charge is -2.36. The van der Waals surface area contributed by atoms with Gasteiger partial charge in [-0.15, -0.1) is 11.3 Å². The number of thiazole rings is 1. The molecule has 0 bridgehead atoms. The predicted octanol–water partition coefficient (Wildman–Crippen LogP) is 4.54. The summed E-state index contributed by atoms with van der Waals surface area (Å²) in [5, 5.41) is 21.1. The highest BCUT2D eigenvalue weighted by molar-refractivity contribution is 7.13. The van der Waals surface area contributed by atoms with Crippen molar-refractivity contribution in [2.75, 3.05) is 94.4 Å². The summed E-state index contributed by atoms with van der Waals surface area (Å²) in [6, 6.07) is 23.6. The summed E-state index contributed by atoms with van der Waals surface area (Å²) in [7, 11) is 0. The molecule has 6 amide bonds. The molecule has 69 heavy (non-hydrogen) atoms. The predicted molar refractivity (Wildman–Crippen MR) is 256 cm³/mol. The van der Waals surface area contributed by atoms with Gasteiger partial charge in [-0.3, -0.25) is 49.2 Å². The van der Waals surface area contributed by atoms with Crippen LogP contribution in [0.25, 0.3) is 11.1 Å². The minimum Gasteiger partial charge on any atom is -0.508 e. The summed E-state index contributed by atoms with van der Waals surface area (Å²) in [6.45, 7) is 7.60. The molecule has 0 aliphatic carbocycles. The zero-order valence-electron chi connectivity index (χ0n) is 37.8. The van der Waals surface area contributed by atoms with E-state index in [1.54, 1.807) is 48.0 Å². The average molecular weight is 957 g/mol. The van der Waals surface area contributed by atoms with E-state index in [0.717, 1.165) is 60.0 Å². The number of amides is 6. The van der Waals surface area contributed by atoms with Crippen LogP contribution in [0.5, 0.6) is 5.75 Å². The molecule has 0 radical (unpaired) electrons. The number of benzene rings is 4. The number of nitrogens with zero attached hydrogens (tertiary/aromatic N) is 5. The van der Waals surface area contributed by atoms with Gasteiger partial charge in [-0.05, 0) is 59.5 Å². The van der Waals surface area contributed by atoms with E-state index in [9.17, 15) is 33.9 Å². The molecule has 2 fully saturated rings. The van der Waals surface area contributed by atoms with Crippen LogP contribution in [0.2, 0.25) is 0 Å². The van der Waals surface area contributed by atoms with Gasteiger partial charge >= 0.3 is 0 Å². The van der Waals surface area contributed by atoms with Gasteiger partial charge in [0.25, 0.3) is 23.6 Å². The van der Waals surface area contributed by atoms with Gasteiger partial charge in [0.2, 0.25) is 11.8 Å². The van der Waals surface area contributed by atoms with Crippen LogP contribution in [-0.2, 0) is 35.1 Å². The molecular weight excluding hydrogens is 905 g/mol. The van der Waals surface area contributed by atoms with E-state index in [1.165, 1.54) is 22.3 Å². The van der Waals surface area contributed by atoms with Crippen molar-refractivity contribution in [2.45, 2.75) is 31.5 Å². The molecule has 19 heteroatoms. The number of imide groups is 2. The maximum absolute atomic E-state index is 14.0. The lowest BCUT2D eigenvalue weighted by atomic mass is 10.00. The van der Waals surface area contributed by atoms with Crippen LogP contribution in [0.1, 0.15) is 61.1 Å². The topological polar surface area (TPSA) is 212 Å². The summed E-state index contributed by atoms with van der Waals surface area (Å²) in [5.41, 5.74) is 5.57. The van der Waals surface area contributed by atoms with Crippen molar-refractivity contribution in [3.8, 4) is 16.9 Å². The standard InChI is InChI=1S/C50H52N8O10S/c59-41-7-2-1-4-36(41)44(46(62)54-50-52-17-29-69-50)57-31-34-9-8-33(30-38(34)47(57)63)32-10-12-35(13-11-32)56-20-18-55(19-21-56)22-24-67-26-28-68-27-25-66-23-16-51-39-6-3-5-37-43(39)49(65)58(48(37)64)40-14-15-42(60)53-45(40)61/h1-13,17,29-30,40,44,51,59H,14-16,18-28,31H2,(H,52,54,62)(H,53,60,61). The number of fused-ring (bicyclic) bond motifs is 2. The lowest BCUT2D eigenvalue weighted by molar-refractivity contribution is -0.136. The van der Waals surface area contributed by atoms with Gasteiger partial charge in [-0.2, -0.15) is 0 Å². The molecule has 4 N–H and O–H groups in total. The van der Waals surface area contributed by atoms with E-state index in [-0.39, 0.29) is 42.2 Å². The minimum atomic E-state index is -1.06. The van der Waals surface area contributed by atoms with Gasteiger partial charge in [0.05, 0.1) is 50.8 Å². The number of carbonyl (C=O) groups excluding carboxylic acids is 6. The maximum atomic E-state index is 14.0. The number of phenols is 1. The quantitative estimate of drug-likeness (QED) is 0.0624. The number of carbonyl (C=O) groups is 6. The summed E-state index contributed by atoms with van der Waals surface area (Å²) in [6.07, 6.45) is 1.75. The molecule has 2 unspecified atom stereocenters. The molecule has 358 valence electrons. The molecule has 2 saturated heterocycles. The Hall–Kier alpha value is -7.03. The van der Waals surface area contributed by atoms with Crippen LogP contribution in [0, 0.1) is 0 Å². The molecule has 0 saturated carbocycles. The Bertz CT molecular complexity index is 2710. The number of para-hydroxylation sites is 1. The Balaban J connectivity index is 0.651. The fourth-order valence-electron chi connectivity index (χ4n) is 9.09. The van der Waals surface area contributed by atoms with Crippen LogP contribution in [0.4, 0.5) is 16.5 Å². The van der Waals surface area contributed by atoms with E-state index in [4.69, 9.17) is 14.2 Å². The number of nitrogens with one attached hydrogen (secondary N) is 3. The summed E-state index contributed by atoms with van der Waals surface area (Å²) < 4.78 is 17.2. The number of anilines is 3. The van der Waals surface area contributed by atoms with Crippen molar-refractivity contribution >= 4 is 63.3 Å². The molecule has 2 atom stereocenters. The first-order valence-electron chi connectivity index (χ1n) is 23.0. The number of aromatic hydroxyl groups is 1. The smallest absolute Gasteiger partial charge is 0.264 e. The van der Waals surface area contributed by atoms with Gasteiger partial charge < -0.3 is 34.4 Å². The first-order valence-corrected chi connectivity index (χ1v) is 23.8. The number of ether oxygens (including phenoxy) is 3. The van der Waals surface area contributed by atoms with Crippen molar-refractivity contribution in [1.29, 1.82) is 0 Å². The van der Waals surface area contributed by atoms with Crippen molar-refractivity contribution in [2.24, 2.45) is 0 Å². The highest BCUT2D eigenvalue weighted by atomic mass is 32.1. The van der Waals surface area contributed by atoms with E-state index in [1.807, 2.05) is 18.2 Å². The van der Waals surface area contributed by atoms with E-state index in [2.05, 4.69) is 55.0 Å². The normalized spacial score (nSPS) is 17.5. The van der Waals surface area contributed by atoms with E-state index >= 15 is 0 Å². The molecule has 4 aliphatic rings. The number of piperazine rings is 1. The van der Waals surface area contributed by atoms with Crippen LogP contribution < -0.4 is 20.9 Å². The first kappa shape index (κ1) is 47.1. The van der Waals surface area contributed by atoms with Crippen molar-refractivity contribution in [1.82, 2.24) is 25.0 Å². The molecule has 5 aromatic rings. The molecule has 9 rings (SSSR count). The SMILES string of the molecule is O=C1CCC(N2C(=O)c3cccc(NCCOCCOCCOCCN4CCN(c5ccc(-c6ccc7c(c6)C(=O)N(C(C(=O)Nc6nccs6)c6ccccc6O)C7)cc5)CC4)c3C2=O)C(=O)N1. The van der Waals surface area contributed by atoms with Gasteiger partial charge in [0, 0.05) is 86.3 Å². The van der Waals surface area contributed by atoms with Crippen molar-refractivity contribution < 1.29 is 48.1 Å². The number of piperidine rings is 1. The van der Waals surface area contributed by atoms with Gasteiger partial charge in [0.1, 0.15) is 17.8 Å². The second-order valence-electron chi connectivity index (χ2n) is 16.9. The average Bonchev–Trinajstić information content (AvgIpc) is 4.06. The Morgan fingerprint density at radius 1 is 0.797 bits per heavy atom. The van der Waals surface area contributed by atoms with Crippen LogP contribution in [0.3, 0.4) is 0 Å². The fourth-order valence-corrected chi connectivity index (χ4v) is 9.62. The van der Waals surface area contributed by atoms with Crippen molar-refractivity contribution in [3.05, 3.63) is 124 Å². The Morgan fingerprint density at radius 2 is 1.54 bits per heavy atom. The minimum absolute atomic E-state index is 0.0594. The number of hydrogen-bond donors (Lipinski definition) is 4. The lowest BCUT2D eigenvalue weighted by Crippen LogP contribution is -2.54. The summed E-state index contributed by atoms with van der Waals surface area (Å²) >= 11 is 1.27. The Morgan fingerprint density at radius 3 is 2.28 bits per heavy atom. The van der Waals surface area contributed by atoms with Crippen LogP contribution in [-0.4, -0.2) is 145 Å². The molecule has 5 heterocycles. The van der Waals surface area contributed by atoms with Crippen LogP contribution >= 0.6 is 11.3 Å². The maximum Gasteiger partial charge on any atom is 0.264 e. The van der Waals surface area contributed by atoms with Crippen LogP contribution in [0.15, 0.2) is 96.5 Å². The van der Waals surface area contributed by atoms with E-state index < -0.39 is 41.6 Å². The zero-order valence-corrected chi connectivity index (χ0v) is 38.6. The number of phenolic OH excluding ortho intramolecular Hbond substituents is 1. The largest absolute Gasteiger partial charge is 0.508 e. The molecule has 1 aromatic heterocycles. The highest BCUT2D eigenvalue weighted by Gasteiger charge is 2.46. The number of rotatable bonds is 20. The number of aromatic nitrogens is 1.